The van der Waals surface area contributed by atoms with Crippen LogP contribution < -0.4 is 5.32 Å². The zero-order valence-electron chi connectivity index (χ0n) is 17.8. The fraction of sp³-hybridized carbons (Fsp3) is 0.520. The highest BCUT2D eigenvalue weighted by Crippen LogP contribution is 2.61. The summed E-state index contributed by atoms with van der Waals surface area (Å²) in [6.07, 6.45) is 9.32. The lowest BCUT2D eigenvalue weighted by molar-refractivity contribution is -0.137. The summed E-state index contributed by atoms with van der Waals surface area (Å²) in [4.78, 5) is 23.9. The van der Waals surface area contributed by atoms with Crippen molar-refractivity contribution in [3.05, 3.63) is 47.4 Å². The third-order valence-electron chi connectivity index (χ3n) is 7.46. The molecule has 0 aliphatic heterocycles. The Kier molecular flexibility index (Phi) is 6.01. The van der Waals surface area contributed by atoms with Crippen LogP contribution in [0, 0.1) is 23.2 Å². The van der Waals surface area contributed by atoms with Gasteiger partial charge in [-0.1, -0.05) is 38.1 Å². The van der Waals surface area contributed by atoms with Gasteiger partial charge < -0.3 is 10.4 Å². The number of carboxylic acids is 1. The number of carbonyl (C=O) groups is 2. The Morgan fingerprint density at radius 3 is 2.83 bits per heavy atom. The summed E-state index contributed by atoms with van der Waals surface area (Å²) >= 11 is 1.63. The van der Waals surface area contributed by atoms with E-state index in [9.17, 15) is 9.59 Å². The Bertz CT molecular complexity index is 960. The highest BCUT2D eigenvalue weighted by atomic mass is 32.1. The van der Waals surface area contributed by atoms with Gasteiger partial charge in [0.1, 0.15) is 0 Å². The van der Waals surface area contributed by atoms with Gasteiger partial charge in [0.15, 0.2) is 0 Å². The smallest absolute Gasteiger partial charge is 0.303 e. The van der Waals surface area contributed by atoms with E-state index in [1.807, 2.05) is 17.5 Å². The van der Waals surface area contributed by atoms with Crippen LogP contribution in [0.25, 0.3) is 10.1 Å². The molecule has 1 unspecified atom stereocenters. The number of benzene rings is 1. The summed E-state index contributed by atoms with van der Waals surface area (Å²) in [5.74, 6) is 1.02. The maximum Gasteiger partial charge on any atom is 0.303 e. The minimum atomic E-state index is -0.735. The molecule has 2 aromatic rings. The first-order valence-electron chi connectivity index (χ1n) is 11.0. The minimum Gasteiger partial charge on any atom is -0.481 e. The van der Waals surface area contributed by atoms with Crippen LogP contribution in [-0.2, 0) is 4.79 Å². The molecule has 30 heavy (non-hydrogen) atoms. The summed E-state index contributed by atoms with van der Waals surface area (Å²) < 4.78 is 1.06. The van der Waals surface area contributed by atoms with E-state index in [1.165, 1.54) is 6.42 Å². The van der Waals surface area contributed by atoms with Gasteiger partial charge in [-0.3, -0.25) is 9.59 Å². The molecule has 2 N–H and O–H groups in total. The van der Waals surface area contributed by atoms with E-state index in [4.69, 9.17) is 5.11 Å². The molecule has 5 rings (SSSR count). The van der Waals surface area contributed by atoms with Crippen molar-refractivity contribution in [1.82, 2.24) is 5.32 Å². The summed E-state index contributed by atoms with van der Waals surface area (Å²) in [6.45, 7) is 4.70. The number of aliphatic carboxylic acids is 1. The SMILES string of the molecule is CC1(C)[C@H]2C[C@@H](CC=CCCCC(=O)O)C(NC(=O)c3cccc4ccsc34)[C@@H]1C2. The number of carbonyl (C=O) groups excluding carboxylic acids is 1. The first-order chi connectivity index (χ1) is 14.4. The van der Waals surface area contributed by atoms with Crippen molar-refractivity contribution >= 4 is 33.3 Å². The minimum absolute atomic E-state index is 0.0460. The Morgan fingerprint density at radius 2 is 2.07 bits per heavy atom. The van der Waals surface area contributed by atoms with Gasteiger partial charge >= 0.3 is 5.97 Å². The van der Waals surface area contributed by atoms with Gasteiger partial charge in [0.2, 0.25) is 0 Å². The molecule has 4 nitrogen and oxygen atoms in total. The largest absolute Gasteiger partial charge is 0.481 e. The van der Waals surface area contributed by atoms with Crippen molar-refractivity contribution in [1.29, 1.82) is 0 Å². The van der Waals surface area contributed by atoms with Crippen molar-refractivity contribution in [2.75, 3.05) is 0 Å². The van der Waals surface area contributed by atoms with Gasteiger partial charge in [-0.15, -0.1) is 11.3 Å². The third kappa shape index (κ3) is 4.04. The van der Waals surface area contributed by atoms with Gasteiger partial charge in [0.25, 0.3) is 5.91 Å². The van der Waals surface area contributed by atoms with Crippen molar-refractivity contribution in [2.45, 2.75) is 58.4 Å². The number of amides is 1. The number of fused-ring (bicyclic) bond motifs is 3. The van der Waals surface area contributed by atoms with Crippen LogP contribution >= 0.6 is 11.3 Å². The third-order valence-corrected chi connectivity index (χ3v) is 8.43. The summed E-state index contributed by atoms with van der Waals surface area (Å²) in [5.41, 5.74) is 1.07. The number of nitrogens with one attached hydrogen (secondary N) is 1. The van der Waals surface area contributed by atoms with E-state index < -0.39 is 5.97 Å². The zero-order valence-corrected chi connectivity index (χ0v) is 18.6. The van der Waals surface area contributed by atoms with Crippen LogP contribution in [0.5, 0.6) is 0 Å². The van der Waals surface area contributed by atoms with E-state index in [0.29, 0.717) is 18.3 Å². The quantitative estimate of drug-likeness (QED) is 0.410. The van der Waals surface area contributed by atoms with Crippen LogP contribution in [-0.4, -0.2) is 23.0 Å². The maximum atomic E-state index is 13.2. The molecule has 3 aliphatic rings. The van der Waals surface area contributed by atoms with Crippen LogP contribution in [0.3, 0.4) is 0 Å². The van der Waals surface area contributed by atoms with E-state index in [1.54, 1.807) is 11.3 Å². The number of thiophene rings is 1. The van der Waals surface area contributed by atoms with Crippen molar-refractivity contribution < 1.29 is 14.7 Å². The highest BCUT2D eigenvalue weighted by molar-refractivity contribution is 7.17. The van der Waals surface area contributed by atoms with Gasteiger partial charge in [-0.05, 0) is 78.2 Å². The molecule has 5 heteroatoms. The van der Waals surface area contributed by atoms with E-state index in [-0.39, 0.29) is 23.8 Å². The fourth-order valence-corrected chi connectivity index (χ4v) is 6.44. The molecular weight excluding hydrogens is 394 g/mol. The van der Waals surface area contributed by atoms with Crippen LogP contribution in [0.4, 0.5) is 0 Å². The topological polar surface area (TPSA) is 66.4 Å². The predicted molar refractivity (Wildman–Crippen MR) is 122 cm³/mol. The lowest BCUT2D eigenvalue weighted by Crippen LogP contribution is -2.63. The van der Waals surface area contributed by atoms with Gasteiger partial charge in [0.05, 0.1) is 5.56 Å². The zero-order chi connectivity index (χ0) is 21.3. The molecule has 1 aromatic heterocycles. The molecule has 1 aromatic carbocycles. The molecule has 4 atom stereocenters. The Hall–Kier alpha value is -2.14. The molecule has 3 saturated carbocycles. The molecule has 2 bridgehead atoms. The van der Waals surface area contributed by atoms with Crippen molar-refractivity contribution in [3.8, 4) is 0 Å². The van der Waals surface area contributed by atoms with Gasteiger partial charge in [-0.25, -0.2) is 0 Å². The summed E-state index contributed by atoms with van der Waals surface area (Å²) in [5, 5.41) is 15.4. The number of allylic oxidation sites excluding steroid dienone is 2. The van der Waals surface area contributed by atoms with Gasteiger partial charge in [0, 0.05) is 17.2 Å². The summed E-state index contributed by atoms with van der Waals surface area (Å²) in [7, 11) is 0. The summed E-state index contributed by atoms with van der Waals surface area (Å²) in [6, 6.07) is 8.21. The average molecular weight is 426 g/mol. The monoisotopic (exact) mass is 425 g/mol. The van der Waals surface area contributed by atoms with Crippen LogP contribution in [0.15, 0.2) is 41.8 Å². The first-order valence-corrected chi connectivity index (χ1v) is 11.9. The molecule has 3 fully saturated rings. The molecule has 3 aliphatic carbocycles. The Morgan fingerprint density at radius 1 is 1.23 bits per heavy atom. The first kappa shape index (κ1) is 21.1. The maximum absolute atomic E-state index is 13.2. The standard InChI is InChI=1S/C25H31NO3S/c1-25(2)18-14-17(8-5-3-4-6-11-21(27)28)22(20(25)15-18)26-24(29)19-10-7-9-16-12-13-30-23(16)19/h3,5,7,9-10,12-13,17-18,20,22H,4,6,8,11,14-15H2,1-2H3,(H,26,29)(H,27,28)/t17-,18+,20+,22?/m1/s1. The lowest BCUT2D eigenvalue weighted by atomic mass is 9.44. The second-order valence-corrected chi connectivity index (χ2v) is 10.4. The van der Waals surface area contributed by atoms with Crippen LogP contribution in [0.1, 0.15) is 62.7 Å². The second kappa shape index (κ2) is 8.54. The average Bonchev–Trinajstić information content (AvgIpc) is 3.19. The number of unbranched alkanes of at least 4 members (excludes halogenated alkanes) is 1. The normalized spacial score (nSPS) is 27.1. The number of rotatable bonds is 8. The molecule has 0 spiro atoms. The van der Waals surface area contributed by atoms with E-state index in [2.05, 4.69) is 43.4 Å². The molecule has 0 saturated heterocycles. The fourth-order valence-electron chi connectivity index (χ4n) is 5.53. The molecule has 0 radical (unpaired) electrons. The highest BCUT2D eigenvalue weighted by Gasteiger charge is 2.57. The Labute approximate surface area is 182 Å². The number of hydrogen-bond acceptors (Lipinski definition) is 3. The molecular formula is C25H31NO3S. The number of carboxylic acid groups (broad SMARTS) is 1. The van der Waals surface area contributed by atoms with Crippen molar-refractivity contribution in [2.24, 2.45) is 23.2 Å². The van der Waals surface area contributed by atoms with E-state index >= 15 is 0 Å². The van der Waals surface area contributed by atoms with Crippen LogP contribution in [0.2, 0.25) is 0 Å². The molecule has 1 amide bonds. The van der Waals surface area contributed by atoms with E-state index in [0.717, 1.165) is 40.8 Å². The lowest BCUT2D eigenvalue weighted by Gasteiger charge is -2.62. The molecule has 160 valence electrons. The number of hydrogen-bond donors (Lipinski definition) is 2. The van der Waals surface area contributed by atoms with Crippen molar-refractivity contribution in [3.63, 3.8) is 0 Å². The predicted octanol–water partition coefficient (Wildman–Crippen LogP) is 5.88. The second-order valence-electron chi connectivity index (χ2n) is 9.49. The van der Waals surface area contributed by atoms with Gasteiger partial charge in [-0.2, -0.15) is 0 Å². The Balaban J connectivity index is 1.45. The molecule has 1 heterocycles.